The van der Waals surface area contributed by atoms with Crippen molar-refractivity contribution < 1.29 is 24.1 Å². The lowest BCUT2D eigenvalue weighted by atomic mass is 9.94. The summed E-state index contributed by atoms with van der Waals surface area (Å²) in [5, 5.41) is 18.5. The Bertz CT molecular complexity index is 872. The number of ketones is 1. The van der Waals surface area contributed by atoms with Gasteiger partial charge in [0.1, 0.15) is 5.78 Å². The minimum Gasteiger partial charge on any atom is -0.395 e. The number of aliphatic hydroxyl groups is 1. The Morgan fingerprint density at radius 1 is 1.13 bits per heavy atom. The fraction of sp³-hybridized carbons (Fsp3) is 0.897. The molecule has 2 atom stereocenters. The number of likely N-dealkylation sites (N-methyl/N-ethyl adjacent to an activating group) is 1. The monoisotopic (exact) mass is 553 g/mol. The second-order valence-electron chi connectivity index (χ2n) is 12.9. The van der Waals surface area contributed by atoms with Gasteiger partial charge in [-0.2, -0.15) is 0 Å². The molecule has 0 aliphatic carbocycles. The summed E-state index contributed by atoms with van der Waals surface area (Å²) in [6, 6.07) is 0.168. The number of aliphatic hydroxyl groups excluding tert-OH is 1. The summed E-state index contributed by atoms with van der Waals surface area (Å²) >= 11 is 0. The fourth-order valence-corrected chi connectivity index (χ4v) is 5.19. The van der Waals surface area contributed by atoms with E-state index >= 15 is 0 Å². The molecule has 1 saturated heterocycles. The van der Waals surface area contributed by atoms with E-state index in [9.17, 15) is 9.90 Å². The van der Waals surface area contributed by atoms with Gasteiger partial charge >= 0.3 is 0 Å². The van der Waals surface area contributed by atoms with Crippen molar-refractivity contribution in [2.75, 3.05) is 52.6 Å². The largest absolute Gasteiger partial charge is 0.395 e. The van der Waals surface area contributed by atoms with Crippen molar-refractivity contribution >= 4 is 5.78 Å². The summed E-state index contributed by atoms with van der Waals surface area (Å²) in [4.78, 5) is 16.3. The highest BCUT2D eigenvalue weighted by atomic mass is 16.6. The van der Waals surface area contributed by atoms with Gasteiger partial charge in [-0.15, -0.1) is 5.10 Å². The Labute approximate surface area is 236 Å². The minimum absolute atomic E-state index is 0.0298. The molecule has 1 aliphatic rings. The number of ether oxygens (including phenoxy) is 3. The van der Waals surface area contributed by atoms with E-state index in [1.165, 1.54) is 0 Å². The van der Waals surface area contributed by atoms with E-state index in [2.05, 4.69) is 47.8 Å². The third kappa shape index (κ3) is 11.9. The number of aromatic nitrogens is 3. The summed E-state index contributed by atoms with van der Waals surface area (Å²) in [5.74, 6) is 0.113. The van der Waals surface area contributed by atoms with Gasteiger partial charge in [0.2, 0.25) is 0 Å². The molecule has 0 radical (unpaired) electrons. The first-order valence-corrected chi connectivity index (χ1v) is 14.5. The zero-order chi connectivity index (χ0) is 29.3. The summed E-state index contributed by atoms with van der Waals surface area (Å²) in [6.45, 7) is 24.4. The van der Waals surface area contributed by atoms with E-state index in [4.69, 9.17) is 14.2 Å². The maximum Gasteiger partial charge on any atom is 0.132 e. The molecule has 10 nitrogen and oxygen atoms in total. The van der Waals surface area contributed by atoms with Crippen molar-refractivity contribution in [3.8, 4) is 0 Å². The number of carbonyl (C=O) groups excluding carboxylic acids is 1. The molecule has 2 unspecified atom stereocenters. The van der Waals surface area contributed by atoms with Crippen LogP contribution in [-0.2, 0) is 32.0 Å². The van der Waals surface area contributed by atoms with Crippen LogP contribution < -0.4 is 0 Å². The van der Waals surface area contributed by atoms with Gasteiger partial charge in [-0.1, -0.05) is 12.1 Å². The highest BCUT2D eigenvalue weighted by Crippen LogP contribution is 2.25. The molecule has 2 heterocycles. The minimum atomic E-state index is -0.506. The van der Waals surface area contributed by atoms with Crippen molar-refractivity contribution in [2.24, 2.45) is 0 Å². The first-order chi connectivity index (χ1) is 18.2. The summed E-state index contributed by atoms with van der Waals surface area (Å²) in [6.07, 6.45) is 3.95. The smallest absolute Gasteiger partial charge is 0.132 e. The second kappa shape index (κ2) is 15.0. The van der Waals surface area contributed by atoms with Gasteiger partial charge in [0.15, 0.2) is 0 Å². The second-order valence-corrected chi connectivity index (χ2v) is 12.9. The normalized spacial score (nSPS) is 19.0. The molecule has 1 aliphatic heterocycles. The highest BCUT2D eigenvalue weighted by Gasteiger charge is 2.36. The fourth-order valence-electron chi connectivity index (χ4n) is 5.19. The van der Waals surface area contributed by atoms with Crippen molar-refractivity contribution in [3.63, 3.8) is 0 Å². The number of hydrogen-bond acceptors (Lipinski definition) is 9. The molecule has 0 bridgehead atoms. The van der Waals surface area contributed by atoms with Crippen molar-refractivity contribution in [1.29, 1.82) is 0 Å². The quantitative estimate of drug-likeness (QED) is 0.294. The summed E-state index contributed by atoms with van der Waals surface area (Å²) in [5.41, 5.74) is -0.133. The first-order valence-electron chi connectivity index (χ1n) is 14.5. The van der Waals surface area contributed by atoms with Crippen LogP contribution in [0.4, 0.5) is 0 Å². The van der Waals surface area contributed by atoms with Gasteiger partial charge < -0.3 is 24.2 Å². The molecular weight excluding hydrogens is 498 g/mol. The number of nitrogens with zero attached hydrogens (tertiary/aromatic N) is 5. The van der Waals surface area contributed by atoms with Gasteiger partial charge in [0, 0.05) is 56.9 Å². The van der Waals surface area contributed by atoms with E-state index in [0.717, 1.165) is 38.3 Å². The maximum atomic E-state index is 11.4. The van der Waals surface area contributed by atoms with Crippen molar-refractivity contribution in [3.05, 3.63) is 11.9 Å². The first kappa shape index (κ1) is 33.8. The molecule has 1 N–H and O–H groups in total. The van der Waals surface area contributed by atoms with Crippen LogP contribution in [0.3, 0.4) is 0 Å². The Morgan fingerprint density at radius 3 is 2.49 bits per heavy atom. The zero-order valence-corrected chi connectivity index (χ0v) is 26.0. The van der Waals surface area contributed by atoms with Crippen LogP contribution in [0.2, 0.25) is 0 Å². The molecule has 1 aromatic heterocycles. The number of piperazine rings is 1. The number of rotatable bonds is 18. The van der Waals surface area contributed by atoms with E-state index < -0.39 is 11.2 Å². The van der Waals surface area contributed by atoms with Crippen LogP contribution in [-0.4, -0.2) is 117 Å². The summed E-state index contributed by atoms with van der Waals surface area (Å²) < 4.78 is 20.0. The van der Waals surface area contributed by atoms with Gasteiger partial charge in [0.05, 0.1) is 49.4 Å². The molecule has 226 valence electrons. The zero-order valence-electron chi connectivity index (χ0n) is 26.0. The van der Waals surface area contributed by atoms with Crippen LogP contribution in [0.15, 0.2) is 6.20 Å². The molecule has 39 heavy (non-hydrogen) atoms. The molecule has 2 rings (SSSR count). The molecule has 0 spiro atoms. The lowest BCUT2D eigenvalue weighted by molar-refractivity contribution is -0.137. The van der Waals surface area contributed by atoms with E-state index in [1.54, 1.807) is 11.6 Å². The molecule has 10 heteroatoms. The number of carbonyl (C=O) groups is 1. The molecule has 1 fully saturated rings. The Balaban J connectivity index is 1.72. The molecule has 0 aromatic carbocycles. The average molecular weight is 554 g/mol. The van der Waals surface area contributed by atoms with Gasteiger partial charge in [0.25, 0.3) is 0 Å². The Kier molecular flexibility index (Phi) is 13.0. The average Bonchev–Trinajstić information content (AvgIpc) is 3.28. The van der Waals surface area contributed by atoms with Gasteiger partial charge in [-0.3, -0.25) is 9.69 Å². The third-order valence-corrected chi connectivity index (χ3v) is 7.50. The number of Topliss-reactive ketones (excluding diaryl/α,β-unsaturated/α-hetero) is 1. The van der Waals surface area contributed by atoms with Crippen LogP contribution in [0.1, 0.15) is 80.8 Å². The lowest BCUT2D eigenvalue weighted by Crippen LogP contribution is -2.61. The van der Waals surface area contributed by atoms with E-state index in [1.807, 2.05) is 33.9 Å². The van der Waals surface area contributed by atoms with Gasteiger partial charge in [-0.25, -0.2) is 4.68 Å². The van der Waals surface area contributed by atoms with Crippen LogP contribution in [0.25, 0.3) is 0 Å². The SMILES string of the molecule is CCN1CCN(C(C)(C)CCOC(C)Cc2cn(CCOC(C)(C)COC(C)(C)CC(C)=O)nn2)C(CO)C1. The topological polar surface area (TPSA) is 102 Å². The number of hydrogen-bond donors (Lipinski definition) is 1. The van der Waals surface area contributed by atoms with Crippen LogP contribution in [0, 0.1) is 0 Å². The maximum absolute atomic E-state index is 11.4. The van der Waals surface area contributed by atoms with E-state index in [-0.39, 0.29) is 30.1 Å². The predicted molar refractivity (Wildman–Crippen MR) is 153 cm³/mol. The van der Waals surface area contributed by atoms with Crippen molar-refractivity contribution in [1.82, 2.24) is 24.8 Å². The molecular formula is C29H55N5O5. The standard InChI is InChI=1S/C29H55N5O5/c1-10-32-12-13-34(26(20-32)21-35)27(4,5)11-15-37-24(3)17-25-19-33(31-30-25)14-16-38-29(8,9)22-39-28(6,7)18-23(2)36/h19,24,26,35H,10-18,20-22H2,1-9H3. The lowest BCUT2D eigenvalue weighted by Gasteiger charge is -2.48. The van der Waals surface area contributed by atoms with Crippen molar-refractivity contribution in [2.45, 2.75) is 117 Å². The molecule has 0 saturated carbocycles. The van der Waals surface area contributed by atoms with Crippen LogP contribution in [0.5, 0.6) is 0 Å². The Morgan fingerprint density at radius 2 is 1.85 bits per heavy atom. The predicted octanol–water partition coefficient (Wildman–Crippen LogP) is 2.96. The molecule has 1 aromatic rings. The molecule has 0 amide bonds. The van der Waals surface area contributed by atoms with E-state index in [0.29, 0.717) is 39.2 Å². The summed E-state index contributed by atoms with van der Waals surface area (Å²) in [7, 11) is 0. The Hall–Kier alpha value is -1.43. The van der Waals surface area contributed by atoms with Crippen LogP contribution >= 0.6 is 0 Å². The highest BCUT2D eigenvalue weighted by molar-refractivity contribution is 5.76. The third-order valence-electron chi connectivity index (χ3n) is 7.50. The van der Waals surface area contributed by atoms with Gasteiger partial charge in [-0.05, 0) is 68.4 Å².